The van der Waals surface area contributed by atoms with Crippen molar-refractivity contribution in [2.45, 2.75) is 70.6 Å². The largest absolute Gasteiger partial charge is 0.396 e. The summed E-state index contributed by atoms with van der Waals surface area (Å²) in [5, 5.41) is 43.9. The molecule has 0 radical (unpaired) electrons. The summed E-state index contributed by atoms with van der Waals surface area (Å²) >= 11 is 0. The van der Waals surface area contributed by atoms with Gasteiger partial charge in [-0.15, -0.1) is 0 Å². The monoisotopic (exact) mass is 366 g/mol. The molecule has 26 heavy (non-hydrogen) atoms. The highest BCUT2D eigenvalue weighted by atomic mass is 16.7. The molecular formula is C20H30O6. The van der Waals surface area contributed by atoms with Crippen molar-refractivity contribution in [1.29, 1.82) is 0 Å². The van der Waals surface area contributed by atoms with E-state index in [1.165, 1.54) is 0 Å². The van der Waals surface area contributed by atoms with Gasteiger partial charge < -0.3 is 25.2 Å². The average molecular weight is 366 g/mol. The molecule has 0 unspecified atom stereocenters. The minimum atomic E-state index is -1.83. The van der Waals surface area contributed by atoms with Crippen LogP contribution in [0.3, 0.4) is 0 Å². The highest BCUT2D eigenvalue weighted by Crippen LogP contribution is 2.70. The van der Waals surface area contributed by atoms with Gasteiger partial charge in [0.1, 0.15) is 11.7 Å². The van der Waals surface area contributed by atoms with E-state index >= 15 is 0 Å². The van der Waals surface area contributed by atoms with Crippen LogP contribution in [-0.2, 0) is 9.53 Å². The Morgan fingerprint density at radius 1 is 1.27 bits per heavy atom. The molecule has 4 rings (SSSR count). The molecule has 0 aromatic heterocycles. The van der Waals surface area contributed by atoms with Crippen molar-refractivity contribution in [2.24, 2.45) is 28.6 Å². The van der Waals surface area contributed by atoms with E-state index in [0.29, 0.717) is 24.8 Å². The number of hydrogen-bond acceptors (Lipinski definition) is 6. The van der Waals surface area contributed by atoms with Crippen LogP contribution in [-0.4, -0.2) is 56.4 Å². The predicted octanol–water partition coefficient (Wildman–Crippen LogP) is 0.766. The molecule has 2 saturated heterocycles. The molecule has 0 spiro atoms. The third-order valence-electron chi connectivity index (χ3n) is 8.26. The first-order valence-corrected chi connectivity index (χ1v) is 9.65. The zero-order valence-corrected chi connectivity index (χ0v) is 15.9. The van der Waals surface area contributed by atoms with Crippen molar-refractivity contribution in [3.05, 3.63) is 11.6 Å². The first kappa shape index (κ1) is 18.6. The Morgan fingerprint density at radius 2 is 1.92 bits per heavy atom. The first-order chi connectivity index (χ1) is 12.0. The molecule has 8 atom stereocenters. The van der Waals surface area contributed by atoms with E-state index in [4.69, 9.17) is 4.74 Å². The molecule has 2 bridgehead atoms. The SMILES string of the molecule is CC(C)C1=CC(=O)[C@]2(C)CC[C@]3(C)[C@H](C[C@H]4O[C@]3(O)[C@H](O)[C@H]4CO)[C@]12O. The molecule has 6 heteroatoms. The summed E-state index contributed by atoms with van der Waals surface area (Å²) in [4.78, 5) is 12.9. The van der Waals surface area contributed by atoms with E-state index in [0.717, 1.165) is 0 Å². The van der Waals surface area contributed by atoms with Crippen LogP contribution in [0.25, 0.3) is 0 Å². The minimum absolute atomic E-state index is 0.0122. The third kappa shape index (κ3) is 1.74. The number of fused-ring (bicyclic) bond motifs is 6. The van der Waals surface area contributed by atoms with Gasteiger partial charge in [0.25, 0.3) is 0 Å². The zero-order valence-electron chi connectivity index (χ0n) is 15.9. The maximum Gasteiger partial charge on any atom is 0.198 e. The Bertz CT molecular complexity index is 688. The minimum Gasteiger partial charge on any atom is -0.396 e. The van der Waals surface area contributed by atoms with E-state index in [-0.39, 0.29) is 18.3 Å². The van der Waals surface area contributed by atoms with Crippen LogP contribution in [0.4, 0.5) is 0 Å². The maximum atomic E-state index is 12.9. The van der Waals surface area contributed by atoms with Crippen LogP contribution in [0.1, 0.15) is 47.0 Å². The first-order valence-electron chi connectivity index (χ1n) is 9.65. The molecule has 2 heterocycles. The lowest BCUT2D eigenvalue weighted by atomic mass is 9.46. The molecule has 1 saturated carbocycles. The van der Waals surface area contributed by atoms with Crippen LogP contribution in [0.2, 0.25) is 0 Å². The standard InChI is InChI=1S/C20H30O6/c1-10(2)12-7-15(22)18(4)6-5-17(3)14(19(12,18)24)8-13-11(9-21)16(23)20(17,25)26-13/h7,10-11,13-14,16,21,23-25H,5-6,8-9H2,1-4H3/t11-,13+,14-,16+,17+,18-,19+,20+/m0/s1. The Kier molecular flexibility index (Phi) is 3.69. The number of carbonyl (C=O) groups excluding carboxylic acids is 1. The summed E-state index contributed by atoms with van der Waals surface area (Å²) in [5.74, 6) is -2.94. The topological polar surface area (TPSA) is 107 Å². The average Bonchev–Trinajstić information content (AvgIpc) is 2.92. The lowest BCUT2D eigenvalue weighted by Gasteiger charge is -2.63. The lowest BCUT2D eigenvalue weighted by Crippen LogP contribution is -2.70. The molecule has 146 valence electrons. The van der Waals surface area contributed by atoms with Crippen LogP contribution < -0.4 is 0 Å². The number of ketones is 1. The van der Waals surface area contributed by atoms with E-state index in [1.54, 1.807) is 6.08 Å². The van der Waals surface area contributed by atoms with Gasteiger partial charge in [-0.1, -0.05) is 20.8 Å². The fourth-order valence-corrected chi connectivity index (χ4v) is 6.45. The normalized spacial score (nSPS) is 55.7. The zero-order chi connectivity index (χ0) is 19.3. The van der Waals surface area contributed by atoms with E-state index in [1.807, 2.05) is 27.7 Å². The Morgan fingerprint density at radius 3 is 2.50 bits per heavy atom. The summed E-state index contributed by atoms with van der Waals surface area (Å²) in [6, 6.07) is 0. The number of hydrogen-bond donors (Lipinski definition) is 4. The van der Waals surface area contributed by atoms with Crippen LogP contribution in [0.5, 0.6) is 0 Å². The van der Waals surface area contributed by atoms with Gasteiger partial charge in [0, 0.05) is 17.3 Å². The number of rotatable bonds is 2. The molecular weight excluding hydrogens is 336 g/mol. The second-order valence-corrected chi connectivity index (χ2v) is 9.57. The molecule has 3 fully saturated rings. The highest BCUT2D eigenvalue weighted by molar-refractivity contribution is 6.00. The highest BCUT2D eigenvalue weighted by Gasteiger charge is 2.77. The van der Waals surface area contributed by atoms with Gasteiger partial charge in [-0.25, -0.2) is 0 Å². The fourth-order valence-electron chi connectivity index (χ4n) is 6.45. The lowest BCUT2D eigenvalue weighted by molar-refractivity contribution is -0.355. The number of allylic oxidation sites excluding steroid dienone is 1. The van der Waals surface area contributed by atoms with Gasteiger partial charge in [-0.05, 0) is 43.8 Å². The molecule has 0 aromatic rings. The van der Waals surface area contributed by atoms with Gasteiger partial charge in [-0.2, -0.15) is 0 Å². The van der Waals surface area contributed by atoms with E-state index in [9.17, 15) is 25.2 Å². The molecule has 0 amide bonds. The molecule has 6 nitrogen and oxygen atoms in total. The summed E-state index contributed by atoms with van der Waals surface area (Å²) in [7, 11) is 0. The van der Waals surface area contributed by atoms with Crippen molar-refractivity contribution >= 4 is 5.78 Å². The summed E-state index contributed by atoms with van der Waals surface area (Å²) in [5.41, 5.74) is -2.52. The Balaban J connectivity index is 1.89. The van der Waals surface area contributed by atoms with Gasteiger partial charge in [-0.3, -0.25) is 4.79 Å². The Labute approximate surface area is 153 Å². The van der Waals surface area contributed by atoms with Crippen molar-refractivity contribution < 1.29 is 30.0 Å². The molecule has 2 aliphatic heterocycles. The van der Waals surface area contributed by atoms with E-state index in [2.05, 4.69) is 0 Å². The van der Waals surface area contributed by atoms with Crippen molar-refractivity contribution in [3.63, 3.8) is 0 Å². The second-order valence-electron chi connectivity index (χ2n) is 9.57. The van der Waals surface area contributed by atoms with Crippen LogP contribution >= 0.6 is 0 Å². The van der Waals surface area contributed by atoms with Gasteiger partial charge in [0.2, 0.25) is 0 Å². The van der Waals surface area contributed by atoms with Gasteiger partial charge >= 0.3 is 0 Å². The van der Waals surface area contributed by atoms with Crippen molar-refractivity contribution in [1.82, 2.24) is 0 Å². The molecule has 4 aliphatic rings. The molecule has 4 N–H and O–H groups in total. The van der Waals surface area contributed by atoms with E-state index < -0.39 is 46.3 Å². The maximum absolute atomic E-state index is 12.9. The molecule has 2 aliphatic carbocycles. The second kappa shape index (κ2) is 5.17. The predicted molar refractivity (Wildman–Crippen MR) is 92.8 cm³/mol. The smallest absolute Gasteiger partial charge is 0.198 e. The summed E-state index contributed by atoms with van der Waals surface area (Å²) in [6.07, 6.45) is 1.09. The molecule has 0 aromatic carbocycles. The van der Waals surface area contributed by atoms with Crippen molar-refractivity contribution in [2.75, 3.05) is 6.61 Å². The van der Waals surface area contributed by atoms with Gasteiger partial charge in [0.15, 0.2) is 11.6 Å². The number of carbonyl (C=O) groups is 1. The van der Waals surface area contributed by atoms with Crippen LogP contribution in [0, 0.1) is 28.6 Å². The number of aliphatic hydroxyl groups excluding tert-OH is 2. The quantitative estimate of drug-likeness (QED) is 0.575. The number of ether oxygens (including phenoxy) is 1. The van der Waals surface area contributed by atoms with Crippen molar-refractivity contribution in [3.8, 4) is 0 Å². The van der Waals surface area contributed by atoms with Crippen LogP contribution in [0.15, 0.2) is 11.6 Å². The fraction of sp³-hybridized carbons (Fsp3) is 0.850. The third-order valence-corrected chi connectivity index (χ3v) is 8.26. The summed E-state index contributed by atoms with van der Waals surface area (Å²) in [6.45, 7) is 7.29. The summed E-state index contributed by atoms with van der Waals surface area (Å²) < 4.78 is 5.85. The Hall–Kier alpha value is -0.790. The number of aliphatic hydroxyl groups is 4. The van der Waals surface area contributed by atoms with Gasteiger partial charge in [0.05, 0.1) is 18.1 Å².